The van der Waals surface area contributed by atoms with E-state index < -0.39 is 0 Å². The molecule has 1 aromatic carbocycles. The maximum absolute atomic E-state index is 4.67. The van der Waals surface area contributed by atoms with Gasteiger partial charge in [0.05, 0.1) is 11.4 Å². The highest BCUT2D eigenvalue weighted by Gasteiger charge is 2.20. The van der Waals surface area contributed by atoms with Crippen molar-refractivity contribution >= 4 is 35.8 Å². The maximum Gasteiger partial charge on any atom is 0.193 e. The highest BCUT2D eigenvalue weighted by molar-refractivity contribution is 14.0. The van der Waals surface area contributed by atoms with Crippen LogP contribution in [0.1, 0.15) is 17.7 Å². The van der Waals surface area contributed by atoms with Gasteiger partial charge in [0.2, 0.25) is 0 Å². The van der Waals surface area contributed by atoms with Gasteiger partial charge in [0.25, 0.3) is 0 Å². The van der Waals surface area contributed by atoms with Gasteiger partial charge in [-0.15, -0.1) is 24.0 Å². The Labute approximate surface area is 207 Å². The first-order chi connectivity index (χ1) is 15.2. The molecule has 4 rings (SSSR count). The number of guanidine groups is 1. The van der Waals surface area contributed by atoms with Gasteiger partial charge in [-0.1, -0.05) is 24.3 Å². The van der Waals surface area contributed by atoms with Crippen molar-refractivity contribution in [2.75, 3.05) is 44.7 Å². The van der Waals surface area contributed by atoms with Gasteiger partial charge in [0.15, 0.2) is 5.96 Å². The van der Waals surface area contributed by atoms with Gasteiger partial charge in [-0.05, 0) is 49.6 Å². The van der Waals surface area contributed by atoms with E-state index in [1.165, 1.54) is 5.56 Å². The van der Waals surface area contributed by atoms with E-state index in [9.17, 15) is 0 Å². The Kier molecular flexibility index (Phi) is 8.90. The van der Waals surface area contributed by atoms with E-state index >= 15 is 0 Å². The number of aryl methyl sites for hydroxylation is 2. The summed E-state index contributed by atoms with van der Waals surface area (Å²) in [6.07, 6.45) is 6.04. The molecule has 2 aromatic heterocycles. The van der Waals surface area contributed by atoms with Gasteiger partial charge in [-0.3, -0.25) is 4.99 Å². The van der Waals surface area contributed by atoms with E-state index in [1.54, 1.807) is 0 Å². The number of pyridine rings is 1. The second-order valence-electron chi connectivity index (χ2n) is 7.76. The number of halogens is 1. The van der Waals surface area contributed by atoms with E-state index in [1.807, 2.05) is 48.3 Å². The van der Waals surface area contributed by atoms with Crippen molar-refractivity contribution in [1.29, 1.82) is 0 Å². The van der Waals surface area contributed by atoms with Gasteiger partial charge in [-0.2, -0.15) is 5.10 Å². The average molecular weight is 545 g/mol. The van der Waals surface area contributed by atoms with Crippen LogP contribution < -0.4 is 10.2 Å². The molecule has 7 nitrogen and oxygen atoms in total. The van der Waals surface area contributed by atoms with Crippen molar-refractivity contribution in [2.24, 2.45) is 4.99 Å². The van der Waals surface area contributed by atoms with Crippen LogP contribution in [0.15, 0.2) is 65.9 Å². The van der Waals surface area contributed by atoms with Crippen molar-refractivity contribution in [2.45, 2.75) is 19.8 Å². The standard InChI is InChI=1S/C24H31N7.HI/c1-20-21(19-31(28-20)22-10-4-3-5-11-22)9-8-14-27-24(25-2)30-17-15-29(16-18-30)23-12-6-7-13-26-23;/h3-7,10-13,19H,8-9,14-18H2,1-2H3,(H,25,27);1H. The lowest BCUT2D eigenvalue weighted by molar-refractivity contribution is 0.371. The number of hydrogen-bond donors (Lipinski definition) is 1. The smallest absolute Gasteiger partial charge is 0.193 e. The van der Waals surface area contributed by atoms with E-state index in [2.05, 4.69) is 61.5 Å². The highest BCUT2D eigenvalue weighted by Crippen LogP contribution is 2.14. The number of piperazine rings is 1. The molecule has 0 atom stereocenters. The Morgan fingerprint density at radius 3 is 2.47 bits per heavy atom. The number of aromatic nitrogens is 3. The summed E-state index contributed by atoms with van der Waals surface area (Å²) >= 11 is 0. The second-order valence-corrected chi connectivity index (χ2v) is 7.76. The fourth-order valence-electron chi connectivity index (χ4n) is 3.95. The summed E-state index contributed by atoms with van der Waals surface area (Å²) in [5, 5.41) is 8.21. The zero-order chi connectivity index (χ0) is 21.5. The van der Waals surface area contributed by atoms with Gasteiger partial charge < -0.3 is 15.1 Å². The number of hydrogen-bond acceptors (Lipinski definition) is 4. The van der Waals surface area contributed by atoms with Gasteiger partial charge in [0, 0.05) is 52.2 Å². The van der Waals surface area contributed by atoms with Crippen LogP contribution in [0.4, 0.5) is 5.82 Å². The molecule has 0 amide bonds. The Hall–Kier alpha value is -2.62. The van der Waals surface area contributed by atoms with Crippen LogP contribution in [0.2, 0.25) is 0 Å². The minimum Gasteiger partial charge on any atom is -0.356 e. The van der Waals surface area contributed by atoms with Gasteiger partial charge >= 0.3 is 0 Å². The quantitative estimate of drug-likeness (QED) is 0.222. The summed E-state index contributed by atoms with van der Waals surface area (Å²) < 4.78 is 1.97. The van der Waals surface area contributed by atoms with Crippen LogP contribution >= 0.6 is 24.0 Å². The van der Waals surface area contributed by atoms with Crippen LogP contribution in [-0.2, 0) is 6.42 Å². The maximum atomic E-state index is 4.67. The Balaban J connectivity index is 0.00000289. The van der Waals surface area contributed by atoms with E-state index in [-0.39, 0.29) is 24.0 Å². The molecule has 170 valence electrons. The number of rotatable bonds is 6. The molecule has 3 heterocycles. The lowest BCUT2D eigenvalue weighted by Gasteiger charge is -2.37. The lowest BCUT2D eigenvalue weighted by atomic mass is 10.1. The van der Waals surface area contributed by atoms with Crippen molar-refractivity contribution in [3.8, 4) is 5.69 Å². The molecule has 0 aliphatic carbocycles. The molecule has 1 saturated heterocycles. The van der Waals surface area contributed by atoms with Gasteiger partial charge in [0.1, 0.15) is 5.82 Å². The first-order valence-corrected chi connectivity index (χ1v) is 11.0. The summed E-state index contributed by atoms with van der Waals surface area (Å²) in [4.78, 5) is 13.6. The molecule has 0 spiro atoms. The highest BCUT2D eigenvalue weighted by atomic mass is 127. The Bertz CT molecular complexity index is 980. The third-order valence-electron chi connectivity index (χ3n) is 5.69. The van der Waals surface area contributed by atoms with E-state index in [0.717, 1.165) is 68.7 Å². The Morgan fingerprint density at radius 2 is 1.78 bits per heavy atom. The molecule has 0 bridgehead atoms. The lowest BCUT2D eigenvalue weighted by Crippen LogP contribution is -2.52. The zero-order valence-corrected chi connectivity index (χ0v) is 21.1. The number of anilines is 1. The van der Waals surface area contributed by atoms with Crippen LogP contribution in [0.5, 0.6) is 0 Å². The predicted molar refractivity (Wildman–Crippen MR) is 141 cm³/mol. The third-order valence-corrected chi connectivity index (χ3v) is 5.69. The molecule has 32 heavy (non-hydrogen) atoms. The molecule has 1 aliphatic heterocycles. The normalized spacial score (nSPS) is 14.2. The molecule has 0 radical (unpaired) electrons. The monoisotopic (exact) mass is 545 g/mol. The number of benzene rings is 1. The average Bonchev–Trinajstić information content (AvgIpc) is 3.21. The first kappa shape index (κ1) is 24.0. The Morgan fingerprint density at radius 1 is 1.03 bits per heavy atom. The summed E-state index contributed by atoms with van der Waals surface area (Å²) in [5.41, 5.74) is 3.49. The summed E-state index contributed by atoms with van der Waals surface area (Å²) in [5.74, 6) is 2.04. The largest absolute Gasteiger partial charge is 0.356 e. The van der Waals surface area contributed by atoms with Crippen LogP contribution in [0, 0.1) is 6.92 Å². The molecular weight excluding hydrogens is 513 g/mol. The van der Waals surface area contributed by atoms with E-state index in [4.69, 9.17) is 0 Å². The summed E-state index contributed by atoms with van der Waals surface area (Å²) in [6.45, 7) is 6.77. The van der Waals surface area contributed by atoms with Crippen molar-refractivity contribution < 1.29 is 0 Å². The third kappa shape index (κ3) is 5.99. The molecule has 3 aromatic rings. The van der Waals surface area contributed by atoms with Crippen molar-refractivity contribution in [3.63, 3.8) is 0 Å². The number of aliphatic imine (C=N–C) groups is 1. The van der Waals surface area contributed by atoms with Gasteiger partial charge in [-0.25, -0.2) is 9.67 Å². The molecule has 8 heteroatoms. The topological polar surface area (TPSA) is 61.6 Å². The van der Waals surface area contributed by atoms with Crippen LogP contribution in [0.3, 0.4) is 0 Å². The molecular formula is C24H32IN7. The number of nitrogens with one attached hydrogen (secondary N) is 1. The minimum atomic E-state index is 0. The van der Waals surface area contributed by atoms with Crippen molar-refractivity contribution in [1.82, 2.24) is 25.0 Å². The van der Waals surface area contributed by atoms with Crippen molar-refractivity contribution in [3.05, 3.63) is 72.2 Å². The molecule has 1 aliphatic rings. The molecule has 1 fully saturated rings. The zero-order valence-electron chi connectivity index (χ0n) is 18.8. The fourth-order valence-corrected chi connectivity index (χ4v) is 3.95. The molecule has 0 saturated carbocycles. The first-order valence-electron chi connectivity index (χ1n) is 11.0. The minimum absolute atomic E-state index is 0. The SMILES string of the molecule is CN=C(NCCCc1cn(-c2ccccc2)nc1C)N1CCN(c2ccccn2)CC1.I. The number of nitrogens with zero attached hydrogens (tertiary/aromatic N) is 6. The summed E-state index contributed by atoms with van der Waals surface area (Å²) in [6, 6.07) is 16.3. The predicted octanol–water partition coefficient (Wildman–Crippen LogP) is 3.52. The van der Waals surface area contributed by atoms with Crippen LogP contribution in [0.25, 0.3) is 5.69 Å². The second kappa shape index (κ2) is 11.8. The number of para-hydroxylation sites is 1. The molecule has 0 unspecified atom stereocenters. The molecule has 1 N–H and O–H groups in total. The van der Waals surface area contributed by atoms with E-state index in [0.29, 0.717) is 0 Å². The van der Waals surface area contributed by atoms with Crippen LogP contribution in [-0.4, -0.2) is 65.4 Å². The summed E-state index contributed by atoms with van der Waals surface area (Å²) in [7, 11) is 1.86. The fraction of sp³-hybridized carbons (Fsp3) is 0.375.